The summed E-state index contributed by atoms with van der Waals surface area (Å²) in [5.74, 6) is 0.450. The SMILES string of the molecule is CC1(O[N+](=O)[O-])C=C2CC3(c4ccccc4)CC(CN)(CC23)C1. The van der Waals surface area contributed by atoms with Crippen LogP contribution in [0.1, 0.15) is 38.2 Å². The fraction of sp³-hybridized carbons (Fsp3) is 0.556. The monoisotopic (exact) mass is 314 g/mol. The van der Waals surface area contributed by atoms with Crippen LogP contribution in [0.2, 0.25) is 0 Å². The second-order valence-electron chi connectivity index (χ2n) is 7.86. The Morgan fingerprint density at radius 3 is 2.74 bits per heavy atom. The maximum Gasteiger partial charge on any atom is 0.295 e. The molecule has 5 heteroatoms. The predicted molar refractivity (Wildman–Crippen MR) is 86.1 cm³/mol. The van der Waals surface area contributed by atoms with E-state index < -0.39 is 10.7 Å². The summed E-state index contributed by atoms with van der Waals surface area (Å²) in [5, 5.41) is 10.2. The summed E-state index contributed by atoms with van der Waals surface area (Å²) in [5.41, 5.74) is 8.10. The van der Waals surface area contributed by atoms with Gasteiger partial charge in [-0.25, -0.2) is 0 Å². The van der Waals surface area contributed by atoms with Crippen LogP contribution in [0.25, 0.3) is 0 Å². The van der Waals surface area contributed by atoms with Gasteiger partial charge in [0.05, 0.1) is 0 Å². The minimum atomic E-state index is -0.851. The van der Waals surface area contributed by atoms with Gasteiger partial charge in [0.25, 0.3) is 5.09 Å². The minimum Gasteiger partial charge on any atom is -0.330 e. The van der Waals surface area contributed by atoms with E-state index in [0.29, 0.717) is 18.9 Å². The van der Waals surface area contributed by atoms with E-state index in [-0.39, 0.29) is 10.8 Å². The fourth-order valence-electron chi connectivity index (χ4n) is 5.63. The lowest BCUT2D eigenvalue weighted by Gasteiger charge is -2.50. The number of allylic oxidation sites excluding steroid dienone is 1. The van der Waals surface area contributed by atoms with Gasteiger partial charge in [-0.15, -0.1) is 10.1 Å². The highest BCUT2D eigenvalue weighted by molar-refractivity contribution is 5.45. The Bertz CT molecular complexity index is 689. The van der Waals surface area contributed by atoms with Crippen LogP contribution >= 0.6 is 0 Å². The molecule has 1 aromatic rings. The average Bonchev–Trinajstić information content (AvgIpc) is 2.69. The first-order valence-corrected chi connectivity index (χ1v) is 8.21. The quantitative estimate of drug-likeness (QED) is 0.526. The molecule has 3 aliphatic carbocycles. The van der Waals surface area contributed by atoms with Gasteiger partial charge >= 0.3 is 0 Å². The Balaban J connectivity index is 1.76. The molecular weight excluding hydrogens is 292 g/mol. The third kappa shape index (κ3) is 2.02. The van der Waals surface area contributed by atoms with Crippen molar-refractivity contribution in [1.82, 2.24) is 0 Å². The molecule has 0 heterocycles. The molecule has 0 aliphatic heterocycles. The van der Waals surface area contributed by atoms with Crippen LogP contribution in [0.3, 0.4) is 0 Å². The molecule has 4 rings (SSSR count). The van der Waals surface area contributed by atoms with Crippen molar-refractivity contribution in [1.29, 1.82) is 0 Å². The van der Waals surface area contributed by atoms with Gasteiger partial charge in [-0.05, 0) is 56.0 Å². The Morgan fingerprint density at radius 1 is 1.35 bits per heavy atom. The molecular formula is C18H22N2O3. The number of hydrogen-bond acceptors (Lipinski definition) is 4. The number of rotatable bonds is 4. The molecule has 2 N–H and O–H groups in total. The van der Waals surface area contributed by atoms with Crippen LogP contribution in [-0.2, 0) is 10.3 Å². The van der Waals surface area contributed by atoms with Crippen molar-refractivity contribution < 1.29 is 9.92 Å². The number of fused-ring (bicyclic) bond motifs is 1. The summed E-state index contributed by atoms with van der Waals surface area (Å²) in [6.07, 6.45) is 5.62. The molecule has 1 aromatic carbocycles. The molecule has 4 unspecified atom stereocenters. The average molecular weight is 314 g/mol. The second-order valence-corrected chi connectivity index (χ2v) is 7.86. The van der Waals surface area contributed by atoms with Crippen molar-refractivity contribution in [2.45, 2.75) is 43.6 Å². The van der Waals surface area contributed by atoms with E-state index in [1.165, 1.54) is 11.1 Å². The van der Waals surface area contributed by atoms with E-state index in [0.717, 1.165) is 19.3 Å². The van der Waals surface area contributed by atoms with Crippen molar-refractivity contribution in [3.63, 3.8) is 0 Å². The van der Waals surface area contributed by atoms with Gasteiger partial charge < -0.3 is 10.6 Å². The molecule has 2 fully saturated rings. The van der Waals surface area contributed by atoms with Crippen molar-refractivity contribution in [3.8, 4) is 0 Å². The molecule has 4 atom stereocenters. The van der Waals surface area contributed by atoms with E-state index in [4.69, 9.17) is 10.6 Å². The molecule has 122 valence electrons. The molecule has 23 heavy (non-hydrogen) atoms. The zero-order valence-electron chi connectivity index (χ0n) is 13.3. The second kappa shape index (κ2) is 4.57. The summed E-state index contributed by atoms with van der Waals surface area (Å²) in [6.45, 7) is 2.37. The van der Waals surface area contributed by atoms with Gasteiger partial charge in [-0.3, -0.25) is 0 Å². The van der Waals surface area contributed by atoms with E-state index in [1.54, 1.807) is 0 Å². The largest absolute Gasteiger partial charge is 0.330 e. The van der Waals surface area contributed by atoms with Crippen molar-refractivity contribution in [2.24, 2.45) is 17.1 Å². The smallest absolute Gasteiger partial charge is 0.295 e. The first kappa shape index (κ1) is 14.7. The number of hydrogen-bond donors (Lipinski definition) is 1. The number of nitrogens with two attached hydrogens (primary N) is 1. The highest BCUT2D eigenvalue weighted by Crippen LogP contribution is 2.70. The summed E-state index contributed by atoms with van der Waals surface area (Å²) in [7, 11) is 0. The lowest BCUT2D eigenvalue weighted by Crippen LogP contribution is -2.47. The maximum absolute atomic E-state index is 10.9. The summed E-state index contributed by atoms with van der Waals surface area (Å²) < 4.78 is 0. The zero-order valence-corrected chi connectivity index (χ0v) is 13.3. The Hall–Kier alpha value is -1.88. The third-order valence-corrected chi connectivity index (χ3v) is 6.24. The van der Waals surface area contributed by atoms with Gasteiger partial charge in [0.15, 0.2) is 0 Å². The summed E-state index contributed by atoms with van der Waals surface area (Å²) in [6, 6.07) is 10.7. The maximum atomic E-state index is 10.9. The highest BCUT2D eigenvalue weighted by atomic mass is 17.0. The van der Waals surface area contributed by atoms with E-state index in [2.05, 4.69) is 24.3 Å². The lowest BCUT2D eigenvalue weighted by atomic mass is 9.54. The fourth-order valence-corrected chi connectivity index (χ4v) is 5.63. The van der Waals surface area contributed by atoms with Crippen molar-refractivity contribution in [2.75, 3.05) is 6.54 Å². The Morgan fingerprint density at radius 2 is 2.09 bits per heavy atom. The van der Waals surface area contributed by atoms with Crippen molar-refractivity contribution in [3.05, 3.63) is 57.7 Å². The molecule has 0 radical (unpaired) electrons. The normalized spacial score (nSPS) is 40.8. The van der Waals surface area contributed by atoms with Gasteiger partial charge in [0.1, 0.15) is 5.60 Å². The highest BCUT2D eigenvalue weighted by Gasteiger charge is 2.64. The van der Waals surface area contributed by atoms with Crippen LogP contribution in [0, 0.1) is 21.4 Å². The first-order valence-electron chi connectivity index (χ1n) is 8.21. The van der Waals surface area contributed by atoms with Crippen LogP contribution in [0.5, 0.6) is 0 Å². The minimum absolute atomic E-state index is 0.0833. The molecule has 0 aromatic heterocycles. The van der Waals surface area contributed by atoms with Gasteiger partial charge in [-0.1, -0.05) is 42.0 Å². The van der Waals surface area contributed by atoms with Crippen LogP contribution in [0.15, 0.2) is 42.0 Å². The lowest BCUT2D eigenvalue weighted by molar-refractivity contribution is -0.777. The number of nitrogens with zero attached hydrogens (tertiary/aromatic N) is 1. The molecule has 2 bridgehead atoms. The van der Waals surface area contributed by atoms with Crippen LogP contribution in [0.4, 0.5) is 0 Å². The number of benzene rings is 1. The zero-order chi connectivity index (χ0) is 16.3. The Kier molecular flexibility index (Phi) is 2.92. The standard InChI is InChI=1S/C18H22N2O3/c1-16(23-20(21)22)7-13-8-18(14-5-3-2-4-6-14)11-17(10-16,12-19)9-15(13)18/h2-7,15H,8-12,19H2,1H3. The molecule has 3 aliphatic rings. The summed E-state index contributed by atoms with van der Waals surface area (Å²) >= 11 is 0. The van der Waals surface area contributed by atoms with E-state index in [1.807, 2.05) is 19.1 Å². The Labute approximate surface area is 135 Å². The van der Waals surface area contributed by atoms with E-state index >= 15 is 0 Å². The third-order valence-electron chi connectivity index (χ3n) is 6.24. The summed E-state index contributed by atoms with van der Waals surface area (Å²) in [4.78, 5) is 16.0. The van der Waals surface area contributed by atoms with Gasteiger partial charge in [0.2, 0.25) is 0 Å². The molecule has 5 nitrogen and oxygen atoms in total. The molecule has 2 saturated carbocycles. The topological polar surface area (TPSA) is 78.4 Å². The first-order chi connectivity index (χ1) is 10.9. The molecule has 0 saturated heterocycles. The van der Waals surface area contributed by atoms with Gasteiger partial charge in [-0.2, -0.15) is 0 Å². The van der Waals surface area contributed by atoms with Gasteiger partial charge in [0, 0.05) is 5.41 Å². The predicted octanol–water partition coefficient (Wildman–Crippen LogP) is 2.98. The van der Waals surface area contributed by atoms with Crippen LogP contribution in [-0.4, -0.2) is 17.2 Å². The molecule has 0 amide bonds. The molecule has 0 spiro atoms. The van der Waals surface area contributed by atoms with Crippen LogP contribution < -0.4 is 5.73 Å². The van der Waals surface area contributed by atoms with E-state index in [9.17, 15) is 10.1 Å². The van der Waals surface area contributed by atoms with Crippen molar-refractivity contribution >= 4 is 0 Å².